The van der Waals surface area contributed by atoms with E-state index in [2.05, 4.69) is 29.8 Å². The standard InChI is InChI=1S/C14H20BrNO2/c1-9(2)11-5-3-4-6-12(11)16-8-10(15)7-13(16)14(17)18/h7-9,11-12H,3-6H2,1-2H3,(H,17,18). The van der Waals surface area contributed by atoms with Gasteiger partial charge in [-0.1, -0.05) is 26.7 Å². The zero-order valence-corrected chi connectivity index (χ0v) is 12.5. The molecule has 4 heteroatoms. The fourth-order valence-electron chi connectivity index (χ4n) is 3.15. The van der Waals surface area contributed by atoms with Crippen LogP contribution in [0.4, 0.5) is 0 Å². The van der Waals surface area contributed by atoms with E-state index in [4.69, 9.17) is 0 Å². The van der Waals surface area contributed by atoms with Gasteiger partial charge in [-0.25, -0.2) is 4.79 Å². The molecule has 1 heterocycles. The summed E-state index contributed by atoms with van der Waals surface area (Å²) in [5.74, 6) is 0.336. The summed E-state index contributed by atoms with van der Waals surface area (Å²) in [4.78, 5) is 11.3. The predicted molar refractivity (Wildman–Crippen MR) is 74.9 cm³/mol. The molecule has 1 N–H and O–H groups in total. The van der Waals surface area contributed by atoms with Crippen molar-refractivity contribution in [3.8, 4) is 0 Å². The zero-order valence-electron chi connectivity index (χ0n) is 10.9. The highest BCUT2D eigenvalue weighted by Crippen LogP contribution is 2.39. The van der Waals surface area contributed by atoms with Crippen LogP contribution in [0.1, 0.15) is 56.1 Å². The number of carboxylic acids is 1. The zero-order chi connectivity index (χ0) is 13.3. The lowest BCUT2D eigenvalue weighted by molar-refractivity contribution is 0.0673. The molecule has 1 fully saturated rings. The summed E-state index contributed by atoms with van der Waals surface area (Å²) in [5.41, 5.74) is 0.402. The molecule has 1 aromatic heterocycles. The highest BCUT2D eigenvalue weighted by molar-refractivity contribution is 9.10. The van der Waals surface area contributed by atoms with Crippen LogP contribution in [0, 0.1) is 11.8 Å². The number of carboxylic acid groups (broad SMARTS) is 1. The Bertz CT molecular complexity index is 439. The van der Waals surface area contributed by atoms with Crippen molar-refractivity contribution in [2.24, 2.45) is 11.8 Å². The van der Waals surface area contributed by atoms with Gasteiger partial charge in [-0.3, -0.25) is 0 Å². The topological polar surface area (TPSA) is 42.2 Å². The van der Waals surface area contributed by atoms with Gasteiger partial charge in [0.25, 0.3) is 0 Å². The third-order valence-electron chi connectivity index (χ3n) is 4.03. The van der Waals surface area contributed by atoms with Crippen molar-refractivity contribution >= 4 is 21.9 Å². The number of rotatable bonds is 3. The van der Waals surface area contributed by atoms with Crippen molar-refractivity contribution in [3.63, 3.8) is 0 Å². The van der Waals surface area contributed by atoms with Crippen molar-refractivity contribution in [2.45, 2.75) is 45.6 Å². The van der Waals surface area contributed by atoms with E-state index in [1.807, 2.05) is 10.8 Å². The minimum absolute atomic E-state index is 0.330. The minimum atomic E-state index is -0.839. The monoisotopic (exact) mass is 313 g/mol. The lowest BCUT2D eigenvalue weighted by Gasteiger charge is -2.36. The molecule has 0 bridgehead atoms. The van der Waals surface area contributed by atoms with Crippen LogP contribution in [0.15, 0.2) is 16.7 Å². The molecule has 0 radical (unpaired) electrons. The number of aromatic carboxylic acids is 1. The molecule has 2 unspecified atom stereocenters. The molecule has 0 amide bonds. The van der Waals surface area contributed by atoms with E-state index >= 15 is 0 Å². The average Bonchev–Trinajstić information content (AvgIpc) is 2.71. The molecule has 18 heavy (non-hydrogen) atoms. The number of aromatic nitrogens is 1. The van der Waals surface area contributed by atoms with Gasteiger partial charge in [0.2, 0.25) is 0 Å². The van der Waals surface area contributed by atoms with Gasteiger partial charge < -0.3 is 9.67 Å². The van der Waals surface area contributed by atoms with Crippen molar-refractivity contribution < 1.29 is 9.90 Å². The largest absolute Gasteiger partial charge is 0.477 e. The van der Waals surface area contributed by atoms with Crippen LogP contribution < -0.4 is 0 Å². The first-order chi connectivity index (χ1) is 8.50. The molecular weight excluding hydrogens is 294 g/mol. The van der Waals surface area contributed by atoms with E-state index in [-0.39, 0.29) is 0 Å². The van der Waals surface area contributed by atoms with Crippen molar-refractivity contribution in [2.75, 3.05) is 0 Å². The Kier molecular flexibility index (Phi) is 4.15. The molecule has 0 saturated heterocycles. The Labute approximate surface area is 116 Å². The second-order valence-electron chi connectivity index (χ2n) is 5.52. The maximum absolute atomic E-state index is 11.3. The van der Waals surface area contributed by atoms with Gasteiger partial charge in [-0.2, -0.15) is 0 Å². The normalized spacial score (nSPS) is 24.4. The summed E-state index contributed by atoms with van der Waals surface area (Å²) in [6.45, 7) is 4.48. The Balaban J connectivity index is 2.36. The second kappa shape index (κ2) is 5.47. The first-order valence-electron chi connectivity index (χ1n) is 6.61. The van der Waals surface area contributed by atoms with Crippen LogP contribution >= 0.6 is 15.9 Å². The summed E-state index contributed by atoms with van der Waals surface area (Å²) < 4.78 is 2.82. The van der Waals surface area contributed by atoms with E-state index in [0.29, 0.717) is 23.6 Å². The molecule has 3 nitrogen and oxygen atoms in total. The summed E-state index contributed by atoms with van der Waals surface area (Å²) >= 11 is 3.39. The first kappa shape index (κ1) is 13.7. The maximum atomic E-state index is 11.3. The maximum Gasteiger partial charge on any atom is 0.352 e. The summed E-state index contributed by atoms with van der Waals surface area (Å²) in [6, 6.07) is 2.03. The number of hydrogen-bond acceptors (Lipinski definition) is 1. The Hall–Kier alpha value is -0.770. The SMILES string of the molecule is CC(C)C1CCCCC1n1cc(Br)cc1C(=O)O. The molecule has 1 aliphatic rings. The summed E-state index contributed by atoms with van der Waals surface area (Å²) in [7, 11) is 0. The van der Waals surface area contributed by atoms with E-state index in [0.717, 1.165) is 10.9 Å². The molecule has 0 spiro atoms. The Morgan fingerprint density at radius 3 is 2.72 bits per heavy atom. The van der Waals surface area contributed by atoms with E-state index in [1.54, 1.807) is 6.07 Å². The summed E-state index contributed by atoms with van der Waals surface area (Å²) in [5, 5.41) is 9.29. The number of halogens is 1. The van der Waals surface area contributed by atoms with Crippen molar-refractivity contribution in [1.29, 1.82) is 0 Å². The average molecular weight is 314 g/mol. The van der Waals surface area contributed by atoms with Crippen LogP contribution in [0.25, 0.3) is 0 Å². The third kappa shape index (κ3) is 2.63. The van der Waals surface area contributed by atoms with Crippen LogP contribution in [0.2, 0.25) is 0 Å². The molecule has 0 aliphatic heterocycles. The fraction of sp³-hybridized carbons (Fsp3) is 0.643. The smallest absolute Gasteiger partial charge is 0.352 e. The van der Waals surface area contributed by atoms with E-state index in [9.17, 15) is 9.90 Å². The molecule has 100 valence electrons. The van der Waals surface area contributed by atoms with Crippen LogP contribution in [0.3, 0.4) is 0 Å². The van der Waals surface area contributed by atoms with Gasteiger partial charge >= 0.3 is 5.97 Å². The van der Waals surface area contributed by atoms with Gasteiger partial charge in [0.1, 0.15) is 5.69 Å². The molecule has 1 saturated carbocycles. The van der Waals surface area contributed by atoms with Crippen LogP contribution in [-0.2, 0) is 0 Å². The molecule has 2 atom stereocenters. The van der Waals surface area contributed by atoms with Gasteiger partial charge in [0.15, 0.2) is 0 Å². The molecule has 0 aromatic carbocycles. The van der Waals surface area contributed by atoms with E-state index in [1.165, 1.54) is 19.3 Å². The Morgan fingerprint density at radius 1 is 1.44 bits per heavy atom. The number of nitrogens with zero attached hydrogens (tertiary/aromatic N) is 1. The highest BCUT2D eigenvalue weighted by Gasteiger charge is 2.31. The van der Waals surface area contributed by atoms with Gasteiger partial charge in [-0.05, 0) is 46.7 Å². The van der Waals surface area contributed by atoms with Crippen LogP contribution in [-0.4, -0.2) is 15.6 Å². The van der Waals surface area contributed by atoms with E-state index < -0.39 is 5.97 Å². The third-order valence-corrected chi connectivity index (χ3v) is 4.46. The van der Waals surface area contributed by atoms with Crippen molar-refractivity contribution in [3.05, 3.63) is 22.4 Å². The fourth-order valence-corrected chi connectivity index (χ4v) is 3.59. The van der Waals surface area contributed by atoms with Gasteiger partial charge in [0, 0.05) is 16.7 Å². The van der Waals surface area contributed by atoms with Gasteiger partial charge in [0.05, 0.1) is 0 Å². The number of hydrogen-bond donors (Lipinski definition) is 1. The summed E-state index contributed by atoms with van der Waals surface area (Å²) in [6.07, 6.45) is 6.68. The minimum Gasteiger partial charge on any atom is -0.477 e. The van der Waals surface area contributed by atoms with Crippen molar-refractivity contribution in [1.82, 2.24) is 4.57 Å². The molecule has 2 rings (SSSR count). The Morgan fingerprint density at radius 2 is 2.11 bits per heavy atom. The first-order valence-corrected chi connectivity index (χ1v) is 7.40. The molecule has 1 aromatic rings. The lowest BCUT2D eigenvalue weighted by Crippen LogP contribution is -2.28. The second-order valence-corrected chi connectivity index (χ2v) is 6.43. The number of carbonyl (C=O) groups is 1. The highest BCUT2D eigenvalue weighted by atomic mass is 79.9. The quantitative estimate of drug-likeness (QED) is 0.902. The lowest BCUT2D eigenvalue weighted by atomic mass is 9.77. The molecular formula is C14H20BrNO2. The van der Waals surface area contributed by atoms with Gasteiger partial charge in [-0.15, -0.1) is 0 Å². The molecule has 1 aliphatic carbocycles. The predicted octanol–water partition coefficient (Wildman–Crippen LogP) is 4.34. The van der Waals surface area contributed by atoms with Crippen LogP contribution in [0.5, 0.6) is 0 Å².